The second-order valence-electron chi connectivity index (χ2n) is 10.8. The van der Waals surface area contributed by atoms with Crippen molar-refractivity contribution in [3.05, 3.63) is 152 Å². The van der Waals surface area contributed by atoms with E-state index in [1.165, 1.54) is 10.8 Å². The van der Waals surface area contributed by atoms with Crippen LogP contribution in [-0.4, -0.2) is 19.5 Å². The van der Waals surface area contributed by atoms with Crippen LogP contribution in [-0.2, 0) is 0 Å². The number of hydrogen-bond acceptors (Lipinski definition) is 4. The molecule has 0 radical (unpaired) electrons. The first-order valence-corrected chi connectivity index (χ1v) is 14.6. The lowest BCUT2D eigenvalue weighted by Gasteiger charge is -2.13. The maximum Gasteiger partial charge on any atom is 0.164 e. The minimum Gasteiger partial charge on any atom is -0.397 e. The van der Waals surface area contributed by atoms with Crippen LogP contribution in [0.1, 0.15) is 0 Å². The van der Waals surface area contributed by atoms with E-state index in [0.29, 0.717) is 17.5 Å². The summed E-state index contributed by atoms with van der Waals surface area (Å²) in [5, 5.41) is 2.43. The average Bonchev–Trinajstić information content (AvgIpc) is 3.43. The molecule has 0 saturated carbocycles. The lowest BCUT2D eigenvalue weighted by molar-refractivity contribution is 1.07. The molecule has 0 spiro atoms. The fourth-order valence-corrected chi connectivity index (χ4v) is 5.87. The number of nitrogen functional groups attached to an aromatic ring is 1. The van der Waals surface area contributed by atoms with E-state index in [1.807, 2.05) is 60.7 Å². The molecule has 5 heteroatoms. The summed E-state index contributed by atoms with van der Waals surface area (Å²) in [4.78, 5) is 14.5. The number of benzene rings is 6. The van der Waals surface area contributed by atoms with Crippen LogP contribution in [0.5, 0.6) is 0 Å². The van der Waals surface area contributed by atoms with E-state index < -0.39 is 0 Å². The zero-order valence-corrected chi connectivity index (χ0v) is 23.8. The molecule has 0 aliphatic carbocycles. The number of hydrogen-bond donors (Lipinski definition) is 1. The van der Waals surface area contributed by atoms with Crippen LogP contribution in [0.2, 0.25) is 0 Å². The van der Waals surface area contributed by atoms with Gasteiger partial charge in [0.05, 0.1) is 22.4 Å². The highest BCUT2D eigenvalue weighted by atomic mass is 15.0. The fourth-order valence-electron chi connectivity index (χ4n) is 5.87. The number of anilines is 1. The molecule has 0 saturated heterocycles. The smallest absolute Gasteiger partial charge is 0.164 e. The van der Waals surface area contributed by atoms with E-state index in [4.69, 9.17) is 20.7 Å². The highest BCUT2D eigenvalue weighted by molar-refractivity contribution is 6.09. The van der Waals surface area contributed by atoms with Crippen LogP contribution in [0.3, 0.4) is 0 Å². The number of nitrogens with zero attached hydrogens (tertiary/aromatic N) is 4. The Morgan fingerprint density at radius 3 is 1.30 bits per heavy atom. The average molecular weight is 566 g/mol. The van der Waals surface area contributed by atoms with Crippen molar-refractivity contribution in [1.29, 1.82) is 0 Å². The fraction of sp³-hybridized carbons (Fsp3) is 0. The SMILES string of the molecule is Nc1cc(-c2ccc(-c3nc(-c4ccccc4)nc(-c4ccccc4)n3)cc2)ccc1-n1c2ccccc2c2ccccc21. The van der Waals surface area contributed by atoms with Crippen molar-refractivity contribution in [3.8, 4) is 51.0 Å². The molecular formula is C39H27N5. The molecule has 2 N–H and O–H groups in total. The Morgan fingerprint density at radius 2 is 0.795 bits per heavy atom. The molecule has 8 rings (SSSR count). The highest BCUT2D eigenvalue weighted by Gasteiger charge is 2.15. The summed E-state index contributed by atoms with van der Waals surface area (Å²) >= 11 is 0. The second kappa shape index (κ2) is 10.6. The molecule has 5 nitrogen and oxygen atoms in total. The van der Waals surface area contributed by atoms with Gasteiger partial charge in [0.25, 0.3) is 0 Å². The Bertz CT molecular complexity index is 2160. The first-order valence-electron chi connectivity index (χ1n) is 14.6. The van der Waals surface area contributed by atoms with Crippen LogP contribution < -0.4 is 5.73 Å². The van der Waals surface area contributed by atoms with Crippen molar-refractivity contribution < 1.29 is 0 Å². The van der Waals surface area contributed by atoms with Crippen molar-refractivity contribution in [2.24, 2.45) is 0 Å². The molecule has 8 aromatic rings. The predicted octanol–water partition coefficient (Wildman–Crippen LogP) is 9.22. The van der Waals surface area contributed by atoms with Crippen molar-refractivity contribution in [3.63, 3.8) is 0 Å². The van der Waals surface area contributed by atoms with Gasteiger partial charge in [-0.25, -0.2) is 15.0 Å². The first kappa shape index (κ1) is 25.6. The van der Waals surface area contributed by atoms with Gasteiger partial charge < -0.3 is 10.3 Å². The monoisotopic (exact) mass is 565 g/mol. The molecule has 0 aliphatic rings. The van der Waals surface area contributed by atoms with E-state index in [9.17, 15) is 0 Å². The molecular weight excluding hydrogens is 538 g/mol. The van der Waals surface area contributed by atoms with Crippen molar-refractivity contribution in [1.82, 2.24) is 19.5 Å². The third-order valence-electron chi connectivity index (χ3n) is 8.02. The molecule has 0 atom stereocenters. The van der Waals surface area contributed by atoms with Gasteiger partial charge in [-0.15, -0.1) is 0 Å². The summed E-state index contributed by atoms with van der Waals surface area (Å²) in [5.41, 5.74) is 15.6. The van der Waals surface area contributed by atoms with Crippen LogP contribution in [0.4, 0.5) is 5.69 Å². The van der Waals surface area contributed by atoms with Gasteiger partial charge >= 0.3 is 0 Å². The minimum absolute atomic E-state index is 0.630. The number of fused-ring (bicyclic) bond motifs is 3. The molecule has 6 aromatic carbocycles. The summed E-state index contributed by atoms with van der Waals surface area (Å²) < 4.78 is 2.25. The normalized spacial score (nSPS) is 11.3. The van der Waals surface area contributed by atoms with Gasteiger partial charge in [-0.05, 0) is 35.4 Å². The molecule has 0 aliphatic heterocycles. The van der Waals surface area contributed by atoms with Gasteiger partial charge in [0, 0.05) is 27.5 Å². The second-order valence-corrected chi connectivity index (χ2v) is 10.8. The van der Waals surface area contributed by atoms with Gasteiger partial charge in [0.15, 0.2) is 17.5 Å². The molecule has 0 unspecified atom stereocenters. The molecule has 2 aromatic heterocycles. The Labute approximate surface area is 254 Å². The zero-order valence-electron chi connectivity index (χ0n) is 23.8. The van der Waals surface area contributed by atoms with Crippen molar-refractivity contribution in [2.75, 3.05) is 5.73 Å². The molecule has 2 heterocycles. The van der Waals surface area contributed by atoms with Crippen molar-refractivity contribution >= 4 is 27.5 Å². The Balaban J connectivity index is 1.17. The first-order chi connectivity index (χ1) is 21.7. The number of aromatic nitrogens is 4. The summed E-state index contributed by atoms with van der Waals surface area (Å²) in [6, 6.07) is 51.6. The summed E-state index contributed by atoms with van der Waals surface area (Å²) in [7, 11) is 0. The standard InChI is InChI=1S/C39H27N5/c40-33-25-30(23-24-36(33)44-34-17-9-7-15-31(34)32-16-8-10-18-35(32)44)26-19-21-29(22-20-26)39-42-37(27-11-3-1-4-12-27)41-38(43-39)28-13-5-2-6-14-28/h1-25H,40H2. The van der Waals surface area contributed by atoms with Crippen LogP contribution in [0.15, 0.2) is 152 Å². The Hall–Kier alpha value is -6.07. The molecule has 0 fully saturated rings. The topological polar surface area (TPSA) is 69.6 Å². The third kappa shape index (κ3) is 4.48. The molecule has 208 valence electrons. The van der Waals surface area contributed by atoms with E-state index in [-0.39, 0.29) is 0 Å². The minimum atomic E-state index is 0.630. The highest BCUT2D eigenvalue weighted by Crippen LogP contribution is 2.35. The van der Waals surface area contributed by atoms with Gasteiger partial charge in [-0.1, -0.05) is 127 Å². The Kier molecular flexibility index (Phi) is 6.20. The summed E-state index contributed by atoms with van der Waals surface area (Å²) in [6.07, 6.45) is 0. The summed E-state index contributed by atoms with van der Waals surface area (Å²) in [5.74, 6) is 1.92. The van der Waals surface area contributed by atoms with Crippen LogP contribution in [0, 0.1) is 0 Å². The van der Waals surface area contributed by atoms with Gasteiger partial charge in [0.1, 0.15) is 0 Å². The van der Waals surface area contributed by atoms with Gasteiger partial charge in [-0.3, -0.25) is 0 Å². The van der Waals surface area contributed by atoms with Crippen LogP contribution in [0.25, 0.3) is 72.8 Å². The van der Waals surface area contributed by atoms with E-state index in [0.717, 1.165) is 50.2 Å². The number of nitrogens with two attached hydrogens (primary N) is 1. The number of para-hydroxylation sites is 2. The van der Waals surface area contributed by atoms with Crippen LogP contribution >= 0.6 is 0 Å². The molecule has 0 amide bonds. The quantitative estimate of drug-likeness (QED) is 0.211. The number of rotatable bonds is 5. The lowest BCUT2D eigenvalue weighted by Crippen LogP contribution is -2.00. The van der Waals surface area contributed by atoms with Crippen molar-refractivity contribution in [2.45, 2.75) is 0 Å². The maximum absolute atomic E-state index is 6.75. The molecule has 44 heavy (non-hydrogen) atoms. The van der Waals surface area contributed by atoms with Gasteiger partial charge in [0.2, 0.25) is 0 Å². The maximum atomic E-state index is 6.75. The largest absolute Gasteiger partial charge is 0.397 e. The van der Waals surface area contributed by atoms with Gasteiger partial charge in [-0.2, -0.15) is 0 Å². The lowest BCUT2D eigenvalue weighted by atomic mass is 10.0. The predicted molar refractivity (Wildman–Crippen MR) is 180 cm³/mol. The molecule has 0 bridgehead atoms. The zero-order chi connectivity index (χ0) is 29.5. The van der Waals surface area contributed by atoms with E-state index in [2.05, 4.69) is 95.6 Å². The summed E-state index contributed by atoms with van der Waals surface area (Å²) in [6.45, 7) is 0. The Morgan fingerprint density at radius 1 is 0.386 bits per heavy atom. The van der Waals surface area contributed by atoms with E-state index >= 15 is 0 Å². The third-order valence-corrected chi connectivity index (χ3v) is 8.02. The van der Waals surface area contributed by atoms with E-state index in [1.54, 1.807) is 0 Å².